The highest BCUT2D eigenvalue weighted by Gasteiger charge is 2.60. The van der Waals surface area contributed by atoms with Gasteiger partial charge < -0.3 is 15.1 Å². The van der Waals surface area contributed by atoms with Crippen LogP contribution in [0.4, 0.5) is 10.5 Å². The minimum absolute atomic E-state index is 0.0812. The summed E-state index contributed by atoms with van der Waals surface area (Å²) in [6.45, 7) is 5.45. The molecule has 1 aromatic carbocycles. The molecule has 6 nitrogen and oxygen atoms in total. The van der Waals surface area contributed by atoms with Crippen LogP contribution in [-0.4, -0.2) is 53.2 Å². The lowest BCUT2D eigenvalue weighted by Gasteiger charge is -2.27. The third-order valence-corrected chi connectivity index (χ3v) is 6.56. The zero-order valence-electron chi connectivity index (χ0n) is 16.4. The number of hydrogen-bond donors (Lipinski definition) is 1. The minimum Gasteiger partial charge on any atom is -0.324 e. The summed E-state index contributed by atoms with van der Waals surface area (Å²) in [5.41, 5.74) is 1.42. The Bertz CT molecular complexity index is 788. The monoisotopic (exact) mass is 368 g/mol. The molecule has 1 saturated carbocycles. The zero-order valence-corrected chi connectivity index (χ0v) is 16.4. The number of likely N-dealkylation sites (N-methyl/N-ethyl adjacent to an activating group) is 1. The molecule has 1 saturated heterocycles. The molecule has 3 amide bonds. The molecule has 2 fully saturated rings. The smallest absolute Gasteiger partial charge is 0.321 e. The van der Waals surface area contributed by atoms with Crippen molar-refractivity contribution in [2.24, 2.45) is 16.8 Å². The van der Waals surface area contributed by atoms with Gasteiger partial charge >= 0.3 is 6.03 Å². The van der Waals surface area contributed by atoms with Gasteiger partial charge in [0.05, 0.1) is 0 Å². The number of hydrogen-bond acceptors (Lipinski definition) is 3. The molecule has 1 N–H and O–H groups in total. The van der Waals surface area contributed by atoms with Crippen LogP contribution >= 0.6 is 0 Å². The van der Waals surface area contributed by atoms with Crippen LogP contribution in [0, 0.1) is 11.8 Å². The summed E-state index contributed by atoms with van der Waals surface area (Å²) < 4.78 is 0. The van der Waals surface area contributed by atoms with Crippen LogP contribution in [0.2, 0.25) is 0 Å². The van der Waals surface area contributed by atoms with Crippen molar-refractivity contribution < 1.29 is 9.59 Å². The Hall–Kier alpha value is -2.37. The maximum absolute atomic E-state index is 13.0. The molecule has 4 rings (SSSR count). The van der Waals surface area contributed by atoms with Crippen LogP contribution < -0.4 is 5.32 Å². The molecule has 2 aliphatic heterocycles. The van der Waals surface area contributed by atoms with E-state index in [1.807, 2.05) is 43.1 Å². The standard InChI is InChI=1S/C21H28N4O2/c1-4-14-6-8-16(9-7-14)22-20(27)25-12-15-10-11-21(17(15)13-25)19(26)24(3)18(5-2)23-21/h6-9,15,17H,4-5,10-13H2,1-3H3,(H,22,27)/t15-,17+,21-/m1/s1. The number of carbonyl (C=O) groups excluding carboxylic acids is 2. The van der Waals surface area contributed by atoms with Crippen LogP contribution in [-0.2, 0) is 11.2 Å². The zero-order chi connectivity index (χ0) is 19.2. The Kier molecular flexibility index (Phi) is 4.44. The SMILES string of the molecule is CCC1=N[C@@]2(CC[C@@H]3CN(C(=O)Nc4ccc(CC)cc4)C[C@@H]32)C(=O)N1C. The van der Waals surface area contributed by atoms with Crippen LogP contribution in [0.1, 0.15) is 38.7 Å². The van der Waals surface area contributed by atoms with Crippen molar-refractivity contribution in [3.63, 3.8) is 0 Å². The average Bonchev–Trinajstić information content (AvgIpc) is 3.32. The quantitative estimate of drug-likeness (QED) is 0.891. The van der Waals surface area contributed by atoms with E-state index in [4.69, 9.17) is 4.99 Å². The molecule has 0 aromatic heterocycles. The second-order valence-electron chi connectivity index (χ2n) is 7.96. The second-order valence-corrected chi connectivity index (χ2v) is 7.96. The van der Waals surface area contributed by atoms with E-state index >= 15 is 0 Å². The van der Waals surface area contributed by atoms with Crippen molar-refractivity contribution in [1.29, 1.82) is 0 Å². The van der Waals surface area contributed by atoms with Crippen LogP contribution in [0.3, 0.4) is 0 Å². The number of amides is 3. The summed E-state index contributed by atoms with van der Waals surface area (Å²) in [5, 5.41) is 3.00. The molecule has 6 heteroatoms. The van der Waals surface area contributed by atoms with Crippen molar-refractivity contribution in [3.05, 3.63) is 29.8 Å². The van der Waals surface area contributed by atoms with Crippen molar-refractivity contribution in [2.45, 2.75) is 45.1 Å². The first kappa shape index (κ1) is 18.0. The fourth-order valence-electron chi connectivity index (χ4n) is 4.97. The number of urea groups is 1. The third kappa shape index (κ3) is 2.82. The minimum atomic E-state index is -0.636. The first-order chi connectivity index (χ1) is 13.0. The van der Waals surface area contributed by atoms with Gasteiger partial charge in [-0.25, -0.2) is 4.79 Å². The predicted octanol–water partition coefficient (Wildman–Crippen LogP) is 3.14. The van der Waals surface area contributed by atoms with Crippen molar-refractivity contribution in [2.75, 3.05) is 25.5 Å². The highest BCUT2D eigenvalue weighted by atomic mass is 16.2. The fourth-order valence-corrected chi connectivity index (χ4v) is 4.97. The van der Waals surface area contributed by atoms with Crippen molar-refractivity contribution in [1.82, 2.24) is 9.80 Å². The predicted molar refractivity (Wildman–Crippen MR) is 106 cm³/mol. The molecule has 0 bridgehead atoms. The lowest BCUT2D eigenvalue weighted by molar-refractivity contribution is -0.131. The molecule has 0 radical (unpaired) electrons. The van der Waals surface area contributed by atoms with E-state index in [1.165, 1.54) is 5.56 Å². The van der Waals surface area contributed by atoms with E-state index in [0.717, 1.165) is 37.2 Å². The normalized spacial score (nSPS) is 29.4. The van der Waals surface area contributed by atoms with Gasteiger partial charge in [0.25, 0.3) is 5.91 Å². The van der Waals surface area contributed by atoms with E-state index in [-0.39, 0.29) is 17.9 Å². The second kappa shape index (κ2) is 6.66. The number of nitrogens with one attached hydrogen (secondary N) is 1. The number of anilines is 1. The van der Waals surface area contributed by atoms with E-state index in [1.54, 1.807) is 4.90 Å². The number of carbonyl (C=O) groups is 2. The molecule has 2 heterocycles. The lowest BCUT2D eigenvalue weighted by Crippen LogP contribution is -2.46. The molecule has 144 valence electrons. The number of benzene rings is 1. The van der Waals surface area contributed by atoms with Gasteiger partial charge in [0.2, 0.25) is 0 Å². The van der Waals surface area contributed by atoms with Gasteiger partial charge in [-0.05, 0) is 42.9 Å². The number of likely N-dealkylation sites (tertiary alicyclic amines) is 1. The number of aliphatic imine (C=N–C) groups is 1. The van der Waals surface area contributed by atoms with Gasteiger partial charge in [0.1, 0.15) is 11.4 Å². The number of rotatable bonds is 3. The summed E-state index contributed by atoms with van der Waals surface area (Å²) in [6.07, 6.45) is 3.51. The molecule has 27 heavy (non-hydrogen) atoms. The fraction of sp³-hybridized carbons (Fsp3) is 0.571. The molecule has 3 atom stereocenters. The van der Waals surface area contributed by atoms with Crippen LogP contribution in [0.15, 0.2) is 29.3 Å². The molecular weight excluding hydrogens is 340 g/mol. The maximum Gasteiger partial charge on any atom is 0.321 e. The van der Waals surface area contributed by atoms with Gasteiger partial charge in [-0.2, -0.15) is 0 Å². The van der Waals surface area contributed by atoms with Crippen molar-refractivity contribution in [3.8, 4) is 0 Å². The van der Waals surface area contributed by atoms with Gasteiger partial charge in [-0.1, -0.05) is 26.0 Å². The average molecular weight is 368 g/mol. The molecule has 0 unspecified atom stereocenters. The highest BCUT2D eigenvalue weighted by molar-refractivity contribution is 6.08. The number of aryl methyl sites for hydroxylation is 1. The molecule has 1 aromatic rings. The summed E-state index contributed by atoms with van der Waals surface area (Å²) in [4.78, 5) is 34.2. The summed E-state index contributed by atoms with van der Waals surface area (Å²) in [6, 6.07) is 7.89. The summed E-state index contributed by atoms with van der Waals surface area (Å²) >= 11 is 0. The topological polar surface area (TPSA) is 65.0 Å². The first-order valence-electron chi connectivity index (χ1n) is 10.00. The van der Waals surface area contributed by atoms with Crippen LogP contribution in [0.25, 0.3) is 0 Å². The van der Waals surface area contributed by atoms with E-state index < -0.39 is 5.54 Å². The van der Waals surface area contributed by atoms with Gasteiger partial charge in [-0.3, -0.25) is 9.79 Å². The first-order valence-corrected chi connectivity index (χ1v) is 10.00. The van der Waals surface area contributed by atoms with E-state index in [9.17, 15) is 9.59 Å². The molecule has 1 spiro atoms. The van der Waals surface area contributed by atoms with Gasteiger partial charge in [0, 0.05) is 38.2 Å². The Balaban J connectivity index is 1.47. The van der Waals surface area contributed by atoms with E-state index in [0.29, 0.717) is 19.0 Å². The van der Waals surface area contributed by atoms with Gasteiger partial charge in [-0.15, -0.1) is 0 Å². The largest absolute Gasteiger partial charge is 0.324 e. The molecule has 1 aliphatic carbocycles. The Morgan fingerprint density at radius 1 is 1.22 bits per heavy atom. The Morgan fingerprint density at radius 2 is 1.96 bits per heavy atom. The Morgan fingerprint density at radius 3 is 2.59 bits per heavy atom. The third-order valence-electron chi connectivity index (χ3n) is 6.56. The maximum atomic E-state index is 13.0. The number of nitrogens with zero attached hydrogens (tertiary/aromatic N) is 3. The summed E-state index contributed by atoms with van der Waals surface area (Å²) in [7, 11) is 1.83. The van der Waals surface area contributed by atoms with Gasteiger partial charge in [0.15, 0.2) is 0 Å². The van der Waals surface area contributed by atoms with E-state index in [2.05, 4.69) is 12.2 Å². The number of fused-ring (bicyclic) bond motifs is 2. The molecular formula is C21H28N4O2. The lowest BCUT2D eigenvalue weighted by atomic mass is 9.85. The molecule has 3 aliphatic rings. The Labute approximate surface area is 160 Å². The van der Waals surface area contributed by atoms with Crippen LogP contribution in [0.5, 0.6) is 0 Å². The highest BCUT2D eigenvalue weighted by Crippen LogP contribution is 2.50. The van der Waals surface area contributed by atoms with Crippen molar-refractivity contribution >= 4 is 23.5 Å². The number of amidine groups is 1. The summed E-state index contributed by atoms with van der Waals surface area (Å²) in [5.74, 6) is 1.48.